The highest BCUT2D eigenvalue weighted by Gasteiger charge is 2.23. The minimum absolute atomic E-state index is 0.00321. The number of ether oxygens (including phenoxy) is 3. The molecule has 232 valence electrons. The Labute approximate surface area is 263 Å². The molecule has 0 amide bonds. The first-order chi connectivity index (χ1) is 21.6. The number of phenols is 1. The molecule has 5 aromatic rings. The number of aromatic hydroxyl groups is 1. The molecule has 0 fully saturated rings. The van der Waals surface area contributed by atoms with E-state index in [1.54, 1.807) is 66.7 Å². The summed E-state index contributed by atoms with van der Waals surface area (Å²) in [4.78, 5) is -0.0356. The monoisotopic (exact) mass is 644 g/mol. The van der Waals surface area contributed by atoms with Gasteiger partial charge < -0.3 is 19.3 Å². The van der Waals surface area contributed by atoms with Gasteiger partial charge in [0.05, 0.1) is 15.9 Å². The van der Waals surface area contributed by atoms with Crippen LogP contribution in [0.4, 0.5) is 0 Å². The van der Waals surface area contributed by atoms with Gasteiger partial charge in [-0.05, 0) is 92.2 Å². The third kappa shape index (κ3) is 7.13. The lowest BCUT2D eigenvalue weighted by molar-refractivity contribution is 0.217. The van der Waals surface area contributed by atoms with E-state index in [1.807, 2.05) is 13.8 Å². The van der Waals surface area contributed by atoms with Crippen molar-refractivity contribution in [3.8, 4) is 28.7 Å². The second-order valence-electron chi connectivity index (χ2n) is 10.2. The third-order valence-electron chi connectivity index (χ3n) is 7.06. The van der Waals surface area contributed by atoms with Crippen molar-refractivity contribution in [1.29, 1.82) is 0 Å². The Bertz CT molecular complexity index is 1990. The maximum atomic E-state index is 13.6. The molecule has 8 nitrogen and oxygen atoms in total. The average Bonchev–Trinajstić information content (AvgIpc) is 3.05. The lowest BCUT2D eigenvalue weighted by atomic mass is 10.2. The van der Waals surface area contributed by atoms with Gasteiger partial charge in [-0.2, -0.15) is 0 Å². The number of hydrogen-bond acceptors (Lipinski definition) is 8. The molecule has 1 N–H and O–H groups in total. The lowest BCUT2D eigenvalue weighted by Crippen LogP contribution is -2.10. The van der Waals surface area contributed by atoms with Crippen molar-refractivity contribution in [2.75, 3.05) is 0 Å². The van der Waals surface area contributed by atoms with E-state index in [0.29, 0.717) is 22.8 Å². The number of benzene rings is 5. The molecule has 0 saturated carbocycles. The third-order valence-corrected chi connectivity index (χ3v) is 10.7. The first-order valence-corrected chi connectivity index (χ1v) is 17.2. The summed E-state index contributed by atoms with van der Waals surface area (Å²) in [6.07, 6.45) is 0.843. The molecule has 1 unspecified atom stereocenters. The van der Waals surface area contributed by atoms with Crippen LogP contribution in [0, 0.1) is 0 Å². The fraction of sp³-hybridized carbons (Fsp3) is 0.143. The van der Waals surface area contributed by atoms with Gasteiger partial charge in [0.1, 0.15) is 45.1 Å². The van der Waals surface area contributed by atoms with E-state index in [1.165, 1.54) is 54.6 Å². The van der Waals surface area contributed by atoms with Gasteiger partial charge in [0, 0.05) is 5.56 Å². The van der Waals surface area contributed by atoms with Crippen LogP contribution in [-0.4, -0.2) is 28.0 Å². The predicted molar refractivity (Wildman–Crippen MR) is 170 cm³/mol. The number of para-hydroxylation sites is 3. The molecule has 45 heavy (non-hydrogen) atoms. The van der Waals surface area contributed by atoms with Gasteiger partial charge in [-0.1, -0.05) is 49.4 Å². The van der Waals surface area contributed by atoms with E-state index in [9.17, 15) is 21.9 Å². The smallest absolute Gasteiger partial charge is 0.210 e. The number of sulfone groups is 2. The van der Waals surface area contributed by atoms with Crippen molar-refractivity contribution in [3.05, 3.63) is 127 Å². The summed E-state index contributed by atoms with van der Waals surface area (Å²) in [5.41, 5.74) is 0.641. The van der Waals surface area contributed by atoms with E-state index in [4.69, 9.17) is 14.2 Å². The maximum Gasteiger partial charge on any atom is 0.210 e. The van der Waals surface area contributed by atoms with Gasteiger partial charge in [-0.25, -0.2) is 16.8 Å². The molecule has 1 atom stereocenters. The SMILES string of the molecule is CCC(C)Oc1ccc(S(=O)(=O)c2ccccc2OCc2ccccc2Oc2ccc(S(=O)(=O)c3ccccc3O)cc2)cc1. The van der Waals surface area contributed by atoms with Crippen LogP contribution in [0.15, 0.2) is 141 Å². The minimum Gasteiger partial charge on any atom is -0.507 e. The Morgan fingerprint density at radius 3 is 1.76 bits per heavy atom. The fourth-order valence-electron chi connectivity index (χ4n) is 4.43. The summed E-state index contributed by atoms with van der Waals surface area (Å²) in [7, 11) is -7.83. The Morgan fingerprint density at radius 2 is 1.13 bits per heavy atom. The number of rotatable bonds is 12. The van der Waals surface area contributed by atoms with E-state index >= 15 is 0 Å². The summed E-state index contributed by atoms with van der Waals surface area (Å²) in [6.45, 7) is 3.96. The van der Waals surface area contributed by atoms with Crippen molar-refractivity contribution >= 4 is 19.7 Å². The molecular weight excluding hydrogens is 613 g/mol. The number of phenolic OH excluding ortho intramolecular Hbond substituents is 1. The van der Waals surface area contributed by atoms with Crippen molar-refractivity contribution in [2.45, 2.75) is 52.6 Å². The van der Waals surface area contributed by atoms with Crippen LogP contribution in [0.1, 0.15) is 25.8 Å². The average molecular weight is 645 g/mol. The Morgan fingerprint density at radius 1 is 0.622 bits per heavy atom. The van der Waals surface area contributed by atoms with E-state index in [-0.39, 0.29) is 43.8 Å². The molecule has 0 spiro atoms. The van der Waals surface area contributed by atoms with Gasteiger partial charge in [0.25, 0.3) is 0 Å². The summed E-state index contributed by atoms with van der Waals surface area (Å²) in [5.74, 6) is 1.28. The highest BCUT2D eigenvalue weighted by atomic mass is 32.2. The zero-order valence-electron chi connectivity index (χ0n) is 24.7. The molecule has 0 aliphatic heterocycles. The molecule has 5 aromatic carbocycles. The minimum atomic E-state index is -3.93. The van der Waals surface area contributed by atoms with E-state index in [2.05, 4.69) is 0 Å². The van der Waals surface area contributed by atoms with Gasteiger partial charge in [-0.3, -0.25) is 0 Å². The highest BCUT2D eigenvalue weighted by molar-refractivity contribution is 7.92. The zero-order chi connectivity index (χ0) is 32.0. The van der Waals surface area contributed by atoms with E-state index < -0.39 is 19.7 Å². The van der Waals surface area contributed by atoms with Crippen molar-refractivity contribution in [1.82, 2.24) is 0 Å². The first-order valence-electron chi connectivity index (χ1n) is 14.2. The summed E-state index contributed by atoms with van der Waals surface area (Å²) in [6, 6.07) is 31.5. The Balaban J connectivity index is 1.32. The summed E-state index contributed by atoms with van der Waals surface area (Å²) >= 11 is 0. The molecular formula is C35H32O8S2. The molecule has 10 heteroatoms. The zero-order valence-corrected chi connectivity index (χ0v) is 26.3. The van der Waals surface area contributed by atoms with Crippen LogP contribution in [-0.2, 0) is 26.3 Å². The van der Waals surface area contributed by atoms with Gasteiger partial charge in [-0.15, -0.1) is 0 Å². The van der Waals surface area contributed by atoms with Crippen LogP contribution < -0.4 is 14.2 Å². The molecule has 0 saturated heterocycles. The molecule has 0 heterocycles. The standard InChI is InChI=1S/C35H32O8S2/c1-3-25(2)42-27-16-20-30(21-17-27)45(39,40)35-15-9-7-13-33(35)41-24-26-10-4-6-12-32(26)43-28-18-22-29(23-19-28)44(37,38)34-14-8-5-11-31(34)36/h4-23,25,36H,3,24H2,1-2H3. The van der Waals surface area contributed by atoms with Gasteiger partial charge in [0.15, 0.2) is 0 Å². The Kier molecular flexibility index (Phi) is 9.45. The van der Waals surface area contributed by atoms with Crippen molar-refractivity contribution in [3.63, 3.8) is 0 Å². The second kappa shape index (κ2) is 13.5. The topological polar surface area (TPSA) is 116 Å². The van der Waals surface area contributed by atoms with Gasteiger partial charge in [0.2, 0.25) is 19.7 Å². The molecule has 0 aromatic heterocycles. The van der Waals surface area contributed by atoms with Crippen LogP contribution in [0.2, 0.25) is 0 Å². The highest BCUT2D eigenvalue weighted by Crippen LogP contribution is 2.34. The maximum absolute atomic E-state index is 13.6. The predicted octanol–water partition coefficient (Wildman–Crippen LogP) is 7.61. The fourth-order valence-corrected chi connectivity index (χ4v) is 7.18. The molecule has 5 rings (SSSR count). The van der Waals surface area contributed by atoms with Crippen molar-refractivity contribution < 1.29 is 36.2 Å². The normalized spacial score (nSPS) is 12.3. The lowest BCUT2D eigenvalue weighted by Gasteiger charge is -2.15. The molecule has 0 radical (unpaired) electrons. The first kappa shape index (κ1) is 31.6. The van der Waals surface area contributed by atoms with Crippen LogP contribution >= 0.6 is 0 Å². The van der Waals surface area contributed by atoms with E-state index in [0.717, 1.165) is 6.42 Å². The molecule has 0 aliphatic carbocycles. The molecule has 0 bridgehead atoms. The largest absolute Gasteiger partial charge is 0.507 e. The quantitative estimate of drug-likeness (QED) is 0.148. The summed E-state index contributed by atoms with van der Waals surface area (Å²) < 4.78 is 71.0. The number of hydrogen-bond donors (Lipinski definition) is 1. The van der Waals surface area contributed by atoms with Crippen LogP contribution in [0.3, 0.4) is 0 Å². The second-order valence-corrected chi connectivity index (χ2v) is 14.0. The van der Waals surface area contributed by atoms with Crippen molar-refractivity contribution in [2.24, 2.45) is 0 Å². The van der Waals surface area contributed by atoms with Crippen LogP contribution in [0.25, 0.3) is 0 Å². The summed E-state index contributed by atoms with van der Waals surface area (Å²) in [5, 5.41) is 10.0. The molecule has 0 aliphatic rings. The Hall–Kier alpha value is -4.80. The van der Waals surface area contributed by atoms with Crippen LogP contribution in [0.5, 0.6) is 28.7 Å². The van der Waals surface area contributed by atoms with Gasteiger partial charge >= 0.3 is 0 Å².